The maximum Gasteiger partial charge on any atom is 0.276 e. The molecule has 0 radical (unpaired) electrons. The highest BCUT2D eigenvalue weighted by atomic mass is 35.5. The molecule has 2 saturated heterocycles. The Hall–Kier alpha value is -4.94. The van der Waals surface area contributed by atoms with Crippen LogP contribution < -0.4 is 5.32 Å². The number of piperidine rings is 1. The van der Waals surface area contributed by atoms with E-state index in [4.69, 9.17) is 16.3 Å². The molecule has 11 nitrogen and oxygen atoms in total. The third-order valence-corrected chi connectivity index (χ3v) is 10.1. The summed E-state index contributed by atoms with van der Waals surface area (Å²) in [5.41, 5.74) is 3.63. The second-order valence-electron chi connectivity index (χ2n) is 14.4. The lowest BCUT2D eigenvalue weighted by Gasteiger charge is -2.46. The summed E-state index contributed by atoms with van der Waals surface area (Å²) < 4.78 is 24.7. The first-order valence-corrected chi connectivity index (χ1v) is 17.5. The predicted octanol–water partition coefficient (Wildman–Crippen LogP) is 7.20. The van der Waals surface area contributed by atoms with Crippen molar-refractivity contribution < 1.29 is 18.7 Å². The van der Waals surface area contributed by atoms with Gasteiger partial charge in [-0.3, -0.25) is 9.59 Å². The van der Waals surface area contributed by atoms with Crippen molar-refractivity contribution in [1.29, 1.82) is 0 Å². The molecule has 1 spiro atoms. The van der Waals surface area contributed by atoms with Gasteiger partial charge >= 0.3 is 0 Å². The van der Waals surface area contributed by atoms with Crippen LogP contribution in [0.3, 0.4) is 0 Å². The number of hydrogen-bond donors (Lipinski definition) is 1. The number of nitrogens with zero attached hydrogens (tertiary/aromatic N) is 7. The van der Waals surface area contributed by atoms with E-state index in [1.165, 1.54) is 10.7 Å². The SMILES string of the molecule is Cc1ccc(-c2cn(C3CCOC4(CCN(C(=O)c5nnn(-c6ccc(Cl)cc6F)c5C(C)(C)C)CC4)C3)nn2)cc1C(=O)Nc1ccccc1. The molecule has 51 heavy (non-hydrogen) atoms. The highest BCUT2D eigenvalue weighted by molar-refractivity contribution is 6.30. The summed E-state index contributed by atoms with van der Waals surface area (Å²) in [6, 6.07) is 19.5. The summed E-state index contributed by atoms with van der Waals surface area (Å²) in [7, 11) is 0. The molecule has 4 heterocycles. The molecule has 0 bridgehead atoms. The van der Waals surface area contributed by atoms with E-state index in [1.807, 2.05) is 87.1 Å². The molecule has 7 rings (SSSR count). The molecular weight excluding hydrogens is 671 g/mol. The fraction of sp³-hybridized carbons (Fsp3) is 0.368. The Kier molecular flexibility index (Phi) is 9.23. The number of benzene rings is 3. The number of halogens is 2. The van der Waals surface area contributed by atoms with Crippen molar-refractivity contribution in [2.75, 3.05) is 25.0 Å². The van der Waals surface area contributed by atoms with Crippen LogP contribution in [-0.4, -0.2) is 72.0 Å². The van der Waals surface area contributed by atoms with Crippen molar-refractivity contribution in [3.63, 3.8) is 0 Å². The number of para-hydroxylation sites is 1. The third-order valence-electron chi connectivity index (χ3n) is 9.84. The van der Waals surface area contributed by atoms with Crippen LogP contribution >= 0.6 is 11.6 Å². The zero-order chi connectivity index (χ0) is 35.9. The molecule has 2 fully saturated rings. The van der Waals surface area contributed by atoms with Crippen LogP contribution in [0.25, 0.3) is 16.9 Å². The van der Waals surface area contributed by atoms with Crippen molar-refractivity contribution in [2.45, 2.75) is 70.4 Å². The smallest absolute Gasteiger partial charge is 0.276 e. The van der Waals surface area contributed by atoms with Crippen molar-refractivity contribution in [1.82, 2.24) is 34.9 Å². The molecule has 1 N–H and O–H groups in total. The van der Waals surface area contributed by atoms with Gasteiger partial charge in [0.25, 0.3) is 11.8 Å². The van der Waals surface area contributed by atoms with Gasteiger partial charge in [-0.2, -0.15) is 0 Å². The van der Waals surface area contributed by atoms with Gasteiger partial charge in [0.1, 0.15) is 17.2 Å². The minimum Gasteiger partial charge on any atom is -0.375 e. The summed E-state index contributed by atoms with van der Waals surface area (Å²) in [5.74, 6) is -0.965. The Morgan fingerprint density at radius 1 is 1.00 bits per heavy atom. The zero-order valence-electron chi connectivity index (χ0n) is 29.1. The zero-order valence-corrected chi connectivity index (χ0v) is 29.8. The normalized spacial score (nSPS) is 17.5. The summed E-state index contributed by atoms with van der Waals surface area (Å²) >= 11 is 5.99. The van der Waals surface area contributed by atoms with Crippen LogP contribution in [0.5, 0.6) is 0 Å². The average molecular weight is 711 g/mol. The molecular formula is C38H40ClFN8O3. The molecule has 0 saturated carbocycles. The molecule has 1 unspecified atom stereocenters. The topological polar surface area (TPSA) is 120 Å². The summed E-state index contributed by atoms with van der Waals surface area (Å²) in [6.07, 6.45) is 4.76. The van der Waals surface area contributed by atoms with Crippen LogP contribution in [0, 0.1) is 12.7 Å². The number of amides is 2. The fourth-order valence-corrected chi connectivity index (χ4v) is 7.26. The lowest BCUT2D eigenvalue weighted by molar-refractivity contribution is -0.122. The van der Waals surface area contributed by atoms with Crippen molar-refractivity contribution in [3.8, 4) is 16.9 Å². The first kappa shape index (κ1) is 34.5. The van der Waals surface area contributed by atoms with Crippen molar-refractivity contribution >= 4 is 29.1 Å². The van der Waals surface area contributed by atoms with E-state index in [0.29, 0.717) is 49.5 Å². The van der Waals surface area contributed by atoms with Crippen molar-refractivity contribution in [3.05, 3.63) is 106 Å². The largest absolute Gasteiger partial charge is 0.375 e. The van der Waals surface area contributed by atoms with Crippen molar-refractivity contribution in [2.24, 2.45) is 0 Å². The van der Waals surface area contributed by atoms with Crippen LogP contribution in [-0.2, 0) is 10.2 Å². The molecule has 1 atom stereocenters. The summed E-state index contributed by atoms with van der Waals surface area (Å²) in [4.78, 5) is 28.8. The number of aryl methyl sites for hydroxylation is 1. The quantitative estimate of drug-likeness (QED) is 0.198. The number of anilines is 1. The van der Waals surface area contributed by atoms with Crippen LogP contribution in [0.4, 0.5) is 10.1 Å². The maximum atomic E-state index is 14.9. The van der Waals surface area contributed by atoms with Gasteiger partial charge < -0.3 is 15.0 Å². The fourth-order valence-electron chi connectivity index (χ4n) is 7.10. The van der Waals surface area contributed by atoms with Gasteiger partial charge in [-0.25, -0.2) is 13.8 Å². The molecule has 2 aliphatic heterocycles. The Balaban J connectivity index is 1.04. The molecule has 3 aromatic carbocycles. The van der Waals surface area contributed by atoms with E-state index in [2.05, 4.69) is 25.9 Å². The Morgan fingerprint density at radius 2 is 1.76 bits per heavy atom. The number of likely N-dealkylation sites (tertiary alicyclic amines) is 1. The molecule has 5 aromatic rings. The Bertz CT molecular complexity index is 2080. The Labute approximate surface area is 300 Å². The van der Waals surface area contributed by atoms with Crippen LogP contribution in [0.2, 0.25) is 5.02 Å². The average Bonchev–Trinajstić information content (AvgIpc) is 3.78. The molecule has 264 valence electrons. The second kappa shape index (κ2) is 13.6. The number of carbonyl (C=O) groups excluding carboxylic acids is 2. The van der Waals surface area contributed by atoms with Gasteiger partial charge in [0.15, 0.2) is 5.69 Å². The minimum absolute atomic E-state index is 0.0650. The van der Waals surface area contributed by atoms with E-state index in [-0.39, 0.29) is 34.3 Å². The highest BCUT2D eigenvalue weighted by Gasteiger charge is 2.43. The summed E-state index contributed by atoms with van der Waals surface area (Å²) in [6.45, 7) is 9.29. The predicted molar refractivity (Wildman–Crippen MR) is 192 cm³/mol. The lowest BCUT2D eigenvalue weighted by atomic mass is 9.82. The summed E-state index contributed by atoms with van der Waals surface area (Å²) in [5, 5.41) is 20.7. The van der Waals surface area contributed by atoms with Gasteiger partial charge in [0.2, 0.25) is 0 Å². The van der Waals surface area contributed by atoms with Crippen LogP contribution in [0.1, 0.15) is 84.6 Å². The molecule has 13 heteroatoms. The van der Waals surface area contributed by atoms with E-state index < -0.39 is 16.8 Å². The van der Waals surface area contributed by atoms with E-state index in [1.54, 1.807) is 17.0 Å². The molecule has 2 aliphatic rings. The van der Waals surface area contributed by atoms with Gasteiger partial charge in [-0.15, -0.1) is 10.2 Å². The number of rotatable bonds is 6. The first-order valence-electron chi connectivity index (χ1n) is 17.1. The van der Waals surface area contributed by atoms with Gasteiger partial charge in [-0.05, 0) is 74.6 Å². The van der Waals surface area contributed by atoms with E-state index in [9.17, 15) is 14.0 Å². The lowest BCUT2D eigenvalue weighted by Crippen LogP contribution is -2.51. The Morgan fingerprint density at radius 3 is 2.49 bits per heavy atom. The number of aromatic nitrogens is 6. The number of hydrogen-bond acceptors (Lipinski definition) is 7. The third kappa shape index (κ3) is 7.02. The van der Waals surface area contributed by atoms with Gasteiger partial charge in [0.05, 0.1) is 23.5 Å². The van der Waals surface area contributed by atoms with Gasteiger partial charge in [-0.1, -0.05) is 73.1 Å². The number of nitrogens with one attached hydrogen (secondary N) is 1. The van der Waals surface area contributed by atoms with E-state index >= 15 is 0 Å². The minimum atomic E-state index is -0.553. The number of carbonyl (C=O) groups is 2. The molecule has 0 aliphatic carbocycles. The number of ether oxygens (including phenoxy) is 1. The molecule has 2 aromatic heterocycles. The van der Waals surface area contributed by atoms with E-state index in [0.717, 1.165) is 29.7 Å². The first-order chi connectivity index (χ1) is 24.4. The molecule has 2 amide bonds. The highest BCUT2D eigenvalue weighted by Crippen LogP contribution is 2.40. The second-order valence-corrected chi connectivity index (χ2v) is 14.9. The van der Waals surface area contributed by atoms with Crippen LogP contribution in [0.15, 0.2) is 72.9 Å². The standard InChI is InChI=1S/C38H40ClFN8O3/c1-24-10-11-25(20-29(24)35(49)41-27-8-6-5-7-9-27)31-23-47(44-42-31)28-14-19-51-38(22-28)15-17-46(18-16-38)36(50)33-34(37(2,3)4)48(45-43-33)32-13-12-26(39)21-30(32)40/h5-13,20-21,23,28H,14-19,22H2,1-4H3,(H,41,49). The van der Waals surface area contributed by atoms with Gasteiger partial charge in [0, 0.05) is 46.9 Å². The maximum absolute atomic E-state index is 14.9. The monoisotopic (exact) mass is 710 g/mol.